The summed E-state index contributed by atoms with van der Waals surface area (Å²) in [7, 11) is 0. The van der Waals surface area contributed by atoms with E-state index in [4.69, 9.17) is 0 Å². The van der Waals surface area contributed by atoms with E-state index in [2.05, 4.69) is 51.1 Å². The van der Waals surface area contributed by atoms with E-state index < -0.39 is 6.04 Å². The van der Waals surface area contributed by atoms with E-state index in [-0.39, 0.29) is 53.3 Å². The molecule has 8 nitrogen and oxygen atoms in total. The average molecular weight is 755 g/mol. The van der Waals surface area contributed by atoms with Crippen LogP contribution in [0.1, 0.15) is 102 Å². The van der Waals surface area contributed by atoms with Crippen LogP contribution in [0.15, 0.2) is 84.9 Å². The number of phenols is 1. The number of benzene rings is 4. The molecule has 2 unspecified atom stereocenters. The number of phenolic OH excluding ortho intramolecular Hbond substituents is 1. The highest BCUT2D eigenvalue weighted by atomic mass is 19.1. The summed E-state index contributed by atoms with van der Waals surface area (Å²) in [5.74, 6) is 0.663. The van der Waals surface area contributed by atoms with Gasteiger partial charge >= 0.3 is 0 Å². The molecule has 0 radical (unpaired) electrons. The van der Waals surface area contributed by atoms with E-state index in [1.165, 1.54) is 11.1 Å². The van der Waals surface area contributed by atoms with Gasteiger partial charge in [0.2, 0.25) is 0 Å². The van der Waals surface area contributed by atoms with Crippen molar-refractivity contribution in [2.45, 2.75) is 75.8 Å². The summed E-state index contributed by atoms with van der Waals surface area (Å²) < 4.78 is 16.1. The first-order valence-corrected chi connectivity index (χ1v) is 20.6. The van der Waals surface area contributed by atoms with Crippen molar-refractivity contribution in [1.29, 1.82) is 0 Å². The van der Waals surface area contributed by atoms with E-state index in [0.717, 1.165) is 93.9 Å². The first-order valence-electron chi connectivity index (χ1n) is 20.6. The standard InChI is InChI=1S/C47H51FN4O4/c1-30-41-27-35(9-13-40(41)47(56)52(30)44-16-11-37(54)28-45(44)55)50-23-21-49(22-24-50)29-31-17-19-51(20-18-31)43-15-8-34(26-42(43)48)46-38(32-5-3-2-4-6-32)12-7-33-25-36(53)10-14-39(33)46/h2-6,8-10,13-15,25-27,30-31,38,44,46,53H,7,11-12,16-24,28-29H2,1H3/t30?,38-,44?,46+/m1/s1. The highest BCUT2D eigenvalue weighted by molar-refractivity contribution is 6.08. The van der Waals surface area contributed by atoms with Gasteiger partial charge in [0.15, 0.2) is 5.78 Å². The summed E-state index contributed by atoms with van der Waals surface area (Å²) in [6.45, 7) is 8.46. The molecule has 3 aliphatic heterocycles. The fourth-order valence-corrected chi connectivity index (χ4v) is 10.5. The minimum Gasteiger partial charge on any atom is -0.508 e. The predicted molar refractivity (Wildman–Crippen MR) is 216 cm³/mol. The monoisotopic (exact) mass is 754 g/mol. The number of aryl methyl sites for hydroxylation is 1. The number of piperazine rings is 1. The molecular formula is C47H51FN4O4. The van der Waals surface area contributed by atoms with Gasteiger partial charge in [0, 0.05) is 69.4 Å². The number of piperidine rings is 1. The lowest BCUT2D eigenvalue weighted by Gasteiger charge is -2.40. The minimum atomic E-state index is -0.517. The fourth-order valence-electron chi connectivity index (χ4n) is 10.5. The Morgan fingerprint density at radius 1 is 0.732 bits per heavy atom. The Balaban J connectivity index is 0.801. The lowest BCUT2D eigenvalue weighted by Crippen LogP contribution is -2.49. The Morgan fingerprint density at radius 3 is 2.27 bits per heavy atom. The largest absolute Gasteiger partial charge is 0.508 e. The molecule has 1 amide bonds. The minimum absolute atomic E-state index is 0.0181. The number of hydrogen-bond acceptors (Lipinski definition) is 7. The highest BCUT2D eigenvalue weighted by Gasteiger charge is 2.43. The summed E-state index contributed by atoms with van der Waals surface area (Å²) in [6, 6.07) is 27.5. The van der Waals surface area contributed by atoms with Crippen molar-refractivity contribution in [2.75, 3.05) is 55.6 Å². The highest BCUT2D eigenvalue weighted by Crippen LogP contribution is 2.48. The molecule has 2 aliphatic carbocycles. The van der Waals surface area contributed by atoms with Crippen molar-refractivity contribution in [3.8, 4) is 5.75 Å². The summed E-state index contributed by atoms with van der Waals surface area (Å²) >= 11 is 0. The maximum atomic E-state index is 16.1. The first-order chi connectivity index (χ1) is 27.2. The molecule has 0 aromatic heterocycles. The van der Waals surface area contributed by atoms with Crippen LogP contribution in [0.5, 0.6) is 5.75 Å². The predicted octanol–water partition coefficient (Wildman–Crippen LogP) is 7.64. The third kappa shape index (κ3) is 6.88. The van der Waals surface area contributed by atoms with E-state index in [1.807, 2.05) is 43.3 Å². The first kappa shape index (κ1) is 36.6. The molecule has 3 fully saturated rings. The molecule has 2 saturated heterocycles. The molecule has 4 aromatic rings. The van der Waals surface area contributed by atoms with Crippen molar-refractivity contribution >= 4 is 28.8 Å². The van der Waals surface area contributed by atoms with Crippen molar-refractivity contribution in [2.24, 2.45) is 5.92 Å². The molecule has 290 valence electrons. The number of nitrogens with zero attached hydrogens (tertiary/aromatic N) is 4. The number of Topliss-reactive ketones (excluding diaryl/α,β-unsaturated/α-hetero) is 2. The number of amides is 1. The molecule has 4 aromatic carbocycles. The molecular weight excluding hydrogens is 704 g/mol. The van der Waals surface area contributed by atoms with Crippen molar-refractivity contribution in [1.82, 2.24) is 9.80 Å². The second-order valence-corrected chi connectivity index (χ2v) is 16.7. The van der Waals surface area contributed by atoms with Crippen LogP contribution in [-0.2, 0) is 16.0 Å². The third-order valence-corrected chi connectivity index (χ3v) is 13.5. The second kappa shape index (κ2) is 15.1. The lowest BCUT2D eigenvalue weighted by molar-refractivity contribution is -0.133. The van der Waals surface area contributed by atoms with Crippen molar-refractivity contribution in [3.63, 3.8) is 0 Å². The van der Waals surface area contributed by atoms with E-state index in [9.17, 15) is 19.5 Å². The Kier molecular flexibility index (Phi) is 9.90. The lowest BCUT2D eigenvalue weighted by atomic mass is 9.69. The molecule has 1 saturated carbocycles. The number of carbonyl (C=O) groups is 3. The van der Waals surface area contributed by atoms with Crippen LogP contribution in [0, 0.1) is 11.7 Å². The molecule has 5 aliphatic rings. The van der Waals surface area contributed by atoms with Crippen molar-refractivity contribution in [3.05, 3.63) is 124 Å². The van der Waals surface area contributed by atoms with Crippen LogP contribution in [0.25, 0.3) is 0 Å². The molecule has 0 bridgehead atoms. The van der Waals surface area contributed by atoms with Gasteiger partial charge in [0.25, 0.3) is 5.91 Å². The van der Waals surface area contributed by atoms with Gasteiger partial charge in [-0.3, -0.25) is 19.3 Å². The second-order valence-electron chi connectivity index (χ2n) is 16.7. The summed E-state index contributed by atoms with van der Waals surface area (Å²) in [6.07, 6.45) is 4.59. The van der Waals surface area contributed by atoms with E-state index >= 15 is 4.39 Å². The number of hydrogen-bond donors (Lipinski definition) is 1. The molecule has 0 spiro atoms. The number of halogens is 1. The topological polar surface area (TPSA) is 84.4 Å². The Hall–Kier alpha value is -5.02. The van der Waals surface area contributed by atoms with Gasteiger partial charge in [0.1, 0.15) is 17.3 Å². The van der Waals surface area contributed by atoms with E-state index in [0.29, 0.717) is 30.0 Å². The van der Waals surface area contributed by atoms with Crippen LogP contribution in [0.3, 0.4) is 0 Å². The Labute approximate surface area is 328 Å². The molecule has 9 rings (SSSR count). The van der Waals surface area contributed by atoms with Crippen LogP contribution >= 0.6 is 0 Å². The quantitative estimate of drug-likeness (QED) is 0.194. The number of ketones is 2. The zero-order valence-corrected chi connectivity index (χ0v) is 32.2. The van der Waals surface area contributed by atoms with Crippen LogP contribution in [0.2, 0.25) is 0 Å². The number of fused-ring (bicyclic) bond motifs is 2. The maximum absolute atomic E-state index is 16.1. The summed E-state index contributed by atoms with van der Waals surface area (Å²) in [5.41, 5.74) is 8.01. The zero-order chi connectivity index (χ0) is 38.5. The van der Waals surface area contributed by atoms with Gasteiger partial charge in [0.05, 0.1) is 24.2 Å². The van der Waals surface area contributed by atoms with E-state index in [1.54, 1.807) is 17.0 Å². The van der Waals surface area contributed by atoms with Gasteiger partial charge in [-0.15, -0.1) is 0 Å². The average Bonchev–Trinajstić information content (AvgIpc) is 3.46. The van der Waals surface area contributed by atoms with Crippen LogP contribution < -0.4 is 9.80 Å². The van der Waals surface area contributed by atoms with Gasteiger partial charge in [-0.25, -0.2) is 4.39 Å². The Bertz CT molecular complexity index is 2140. The molecule has 3 heterocycles. The fraction of sp³-hybridized carbons (Fsp3) is 0.426. The molecule has 1 N–H and O–H groups in total. The van der Waals surface area contributed by atoms with Gasteiger partial charge in [-0.2, -0.15) is 0 Å². The number of aromatic hydroxyl groups is 1. The van der Waals surface area contributed by atoms with Gasteiger partial charge in [-0.1, -0.05) is 42.5 Å². The molecule has 56 heavy (non-hydrogen) atoms. The number of anilines is 2. The van der Waals surface area contributed by atoms with Crippen LogP contribution in [0.4, 0.5) is 15.8 Å². The number of rotatable bonds is 7. The molecule has 4 atom stereocenters. The SMILES string of the molecule is CC1c2cc(N3CCN(CC4CCN(c5ccc([C@@H]6c7ccc(O)cc7CC[C@@H]6c6ccccc6)cc5F)CC4)CC3)ccc2C(=O)N1C1CCC(=O)CC1=O. The summed E-state index contributed by atoms with van der Waals surface area (Å²) in [4.78, 5) is 46.8. The zero-order valence-electron chi connectivity index (χ0n) is 32.2. The van der Waals surface area contributed by atoms with Gasteiger partial charge in [-0.05, 0) is 121 Å². The van der Waals surface area contributed by atoms with Crippen LogP contribution in [-0.4, -0.2) is 84.2 Å². The Morgan fingerprint density at radius 2 is 1.52 bits per heavy atom. The third-order valence-electron chi connectivity index (χ3n) is 13.5. The smallest absolute Gasteiger partial charge is 0.255 e. The normalized spacial score (nSPS) is 24.8. The maximum Gasteiger partial charge on any atom is 0.255 e. The summed E-state index contributed by atoms with van der Waals surface area (Å²) in [5, 5.41) is 10.2. The molecule has 9 heteroatoms. The van der Waals surface area contributed by atoms with Gasteiger partial charge < -0.3 is 19.8 Å². The van der Waals surface area contributed by atoms with Crippen molar-refractivity contribution < 1.29 is 23.9 Å². The number of carbonyl (C=O) groups excluding carboxylic acids is 3.